The zero-order chi connectivity index (χ0) is 44.4. The second-order valence-electron chi connectivity index (χ2n) is 17.8. The summed E-state index contributed by atoms with van der Waals surface area (Å²) in [6.07, 6.45) is 58.4. The summed E-state index contributed by atoms with van der Waals surface area (Å²) in [6.45, 7) is 6.59. The van der Waals surface area contributed by atoms with Gasteiger partial charge in [0.15, 0.2) is 6.10 Å². The van der Waals surface area contributed by atoms with Crippen LogP contribution >= 0.6 is 0 Å². The number of esters is 3. The Morgan fingerprint density at radius 2 is 0.607 bits per heavy atom. The molecule has 0 fully saturated rings. The zero-order valence-corrected chi connectivity index (χ0v) is 40.7. The van der Waals surface area contributed by atoms with Crippen LogP contribution in [0.25, 0.3) is 0 Å². The van der Waals surface area contributed by atoms with Gasteiger partial charge >= 0.3 is 17.9 Å². The van der Waals surface area contributed by atoms with Gasteiger partial charge in [-0.15, -0.1) is 0 Å². The van der Waals surface area contributed by atoms with E-state index < -0.39 is 6.10 Å². The summed E-state index contributed by atoms with van der Waals surface area (Å²) in [4.78, 5) is 37.9. The predicted molar refractivity (Wildman–Crippen MR) is 261 cm³/mol. The minimum atomic E-state index is -0.773. The summed E-state index contributed by atoms with van der Waals surface area (Å²) in [7, 11) is 0. The third kappa shape index (κ3) is 48.5. The van der Waals surface area contributed by atoms with E-state index in [1.54, 1.807) is 0 Å². The molecule has 6 nitrogen and oxygen atoms in total. The molecule has 0 aliphatic carbocycles. The van der Waals surface area contributed by atoms with E-state index in [1.165, 1.54) is 167 Å². The molecule has 61 heavy (non-hydrogen) atoms. The fraction of sp³-hybridized carbons (Fsp3) is 0.836. The van der Waals surface area contributed by atoms with Gasteiger partial charge < -0.3 is 14.2 Å². The van der Waals surface area contributed by atoms with Crippen LogP contribution in [0.4, 0.5) is 0 Å². The van der Waals surface area contributed by atoms with Gasteiger partial charge in [0.05, 0.1) is 0 Å². The molecule has 356 valence electrons. The van der Waals surface area contributed by atoms with Gasteiger partial charge in [0, 0.05) is 19.3 Å². The van der Waals surface area contributed by atoms with Crippen LogP contribution in [0.15, 0.2) is 36.5 Å². The minimum absolute atomic E-state index is 0.0734. The van der Waals surface area contributed by atoms with Crippen LogP contribution in [0.2, 0.25) is 0 Å². The summed E-state index contributed by atoms with van der Waals surface area (Å²) < 4.78 is 16.8. The molecule has 0 aromatic carbocycles. The predicted octanol–water partition coefficient (Wildman–Crippen LogP) is 17.3. The van der Waals surface area contributed by atoms with Crippen LogP contribution in [0, 0.1) is 0 Å². The fourth-order valence-corrected chi connectivity index (χ4v) is 7.57. The topological polar surface area (TPSA) is 78.9 Å². The van der Waals surface area contributed by atoms with Crippen LogP contribution in [-0.2, 0) is 28.6 Å². The van der Waals surface area contributed by atoms with E-state index in [4.69, 9.17) is 14.2 Å². The van der Waals surface area contributed by atoms with Crippen LogP contribution in [-0.4, -0.2) is 37.2 Å². The molecule has 0 aliphatic rings. The number of ether oxygens (including phenoxy) is 3. The number of hydrogen-bond acceptors (Lipinski definition) is 6. The number of unbranched alkanes of at least 4 members (excludes halogenated alkanes) is 31. The van der Waals surface area contributed by atoms with Crippen LogP contribution in [0.3, 0.4) is 0 Å². The van der Waals surface area contributed by atoms with Crippen molar-refractivity contribution in [1.29, 1.82) is 0 Å². The first kappa shape index (κ1) is 58.6. The second-order valence-corrected chi connectivity index (χ2v) is 17.8. The molecule has 0 bridgehead atoms. The van der Waals surface area contributed by atoms with Crippen LogP contribution in [0.5, 0.6) is 0 Å². The molecule has 0 spiro atoms. The van der Waals surface area contributed by atoms with Gasteiger partial charge in [0.25, 0.3) is 0 Å². The Kier molecular flexibility index (Phi) is 48.3. The summed E-state index contributed by atoms with van der Waals surface area (Å²) >= 11 is 0. The summed E-state index contributed by atoms with van der Waals surface area (Å²) in [5.74, 6) is -0.877. The van der Waals surface area contributed by atoms with E-state index in [2.05, 4.69) is 57.2 Å². The first-order chi connectivity index (χ1) is 30.0. The molecule has 0 radical (unpaired) electrons. The highest BCUT2D eigenvalue weighted by Crippen LogP contribution is 2.16. The van der Waals surface area contributed by atoms with E-state index in [0.717, 1.165) is 70.6 Å². The lowest BCUT2D eigenvalue weighted by molar-refractivity contribution is -0.167. The molecule has 0 heterocycles. The highest BCUT2D eigenvalue weighted by Gasteiger charge is 2.19. The molecule has 0 aromatic rings. The Bertz CT molecular complexity index is 1030. The Balaban J connectivity index is 4.32. The largest absolute Gasteiger partial charge is 0.462 e. The van der Waals surface area contributed by atoms with Crippen molar-refractivity contribution in [3.63, 3.8) is 0 Å². The average molecular weight is 857 g/mol. The lowest BCUT2D eigenvalue weighted by atomic mass is 10.0. The number of carbonyl (C=O) groups is 3. The Hall–Kier alpha value is -2.37. The maximum absolute atomic E-state index is 12.8. The monoisotopic (exact) mass is 857 g/mol. The smallest absolute Gasteiger partial charge is 0.306 e. The van der Waals surface area contributed by atoms with Crippen molar-refractivity contribution in [1.82, 2.24) is 0 Å². The lowest BCUT2D eigenvalue weighted by Crippen LogP contribution is -2.30. The number of allylic oxidation sites excluding steroid dienone is 6. The highest BCUT2D eigenvalue weighted by molar-refractivity contribution is 5.71. The molecule has 0 aliphatic heterocycles. The van der Waals surface area contributed by atoms with Crippen molar-refractivity contribution < 1.29 is 28.6 Å². The maximum atomic E-state index is 12.8. The Morgan fingerprint density at radius 1 is 0.328 bits per heavy atom. The Morgan fingerprint density at radius 3 is 1.00 bits per heavy atom. The van der Waals surface area contributed by atoms with E-state index in [-0.39, 0.29) is 31.1 Å². The maximum Gasteiger partial charge on any atom is 0.306 e. The molecule has 0 saturated heterocycles. The zero-order valence-electron chi connectivity index (χ0n) is 40.7. The molecule has 0 aromatic heterocycles. The molecular formula is C55H100O6. The van der Waals surface area contributed by atoms with Gasteiger partial charge in [-0.05, 0) is 70.6 Å². The van der Waals surface area contributed by atoms with Crippen molar-refractivity contribution >= 4 is 17.9 Å². The summed E-state index contributed by atoms with van der Waals surface area (Å²) in [5, 5.41) is 0. The van der Waals surface area contributed by atoms with E-state index in [0.29, 0.717) is 19.3 Å². The van der Waals surface area contributed by atoms with Gasteiger partial charge in [-0.25, -0.2) is 0 Å². The molecule has 0 amide bonds. The molecule has 0 unspecified atom stereocenters. The fourth-order valence-electron chi connectivity index (χ4n) is 7.57. The van der Waals surface area contributed by atoms with Crippen molar-refractivity contribution in [3.05, 3.63) is 36.5 Å². The Labute approximate surface area is 378 Å². The van der Waals surface area contributed by atoms with Crippen molar-refractivity contribution in [2.45, 2.75) is 284 Å². The second kappa shape index (κ2) is 50.3. The minimum Gasteiger partial charge on any atom is -0.462 e. The number of rotatable bonds is 48. The SMILES string of the molecule is CCCC/C=C\CCCCCCCC(=O)OC[C@H](COC(=O)CCCCCCCCCCCCCCC)OC(=O)CCCCCCCCCCC/C=C\C/C=C\CCCCC. The molecular weight excluding hydrogens is 757 g/mol. The average Bonchev–Trinajstić information content (AvgIpc) is 3.26. The van der Waals surface area contributed by atoms with Crippen molar-refractivity contribution in [2.75, 3.05) is 13.2 Å². The first-order valence-electron chi connectivity index (χ1n) is 26.5. The van der Waals surface area contributed by atoms with Crippen LogP contribution < -0.4 is 0 Å². The third-order valence-corrected chi connectivity index (χ3v) is 11.6. The van der Waals surface area contributed by atoms with Gasteiger partial charge in [0.1, 0.15) is 13.2 Å². The summed E-state index contributed by atoms with van der Waals surface area (Å²) in [5.41, 5.74) is 0. The van der Waals surface area contributed by atoms with E-state index in [9.17, 15) is 14.4 Å². The van der Waals surface area contributed by atoms with Gasteiger partial charge in [-0.1, -0.05) is 224 Å². The van der Waals surface area contributed by atoms with Crippen molar-refractivity contribution in [3.8, 4) is 0 Å². The molecule has 6 heteroatoms. The van der Waals surface area contributed by atoms with Gasteiger partial charge in [-0.2, -0.15) is 0 Å². The first-order valence-corrected chi connectivity index (χ1v) is 26.5. The van der Waals surface area contributed by atoms with Gasteiger partial charge in [0.2, 0.25) is 0 Å². The number of carbonyl (C=O) groups excluding carboxylic acids is 3. The highest BCUT2D eigenvalue weighted by atomic mass is 16.6. The van der Waals surface area contributed by atoms with Gasteiger partial charge in [-0.3, -0.25) is 14.4 Å². The lowest BCUT2D eigenvalue weighted by Gasteiger charge is -2.18. The molecule has 1 atom stereocenters. The summed E-state index contributed by atoms with van der Waals surface area (Å²) in [6, 6.07) is 0. The molecule has 0 saturated carbocycles. The van der Waals surface area contributed by atoms with Crippen LogP contribution in [0.1, 0.15) is 278 Å². The normalized spacial score (nSPS) is 12.2. The standard InChI is InChI=1S/C55H100O6/c1-4-7-10-13-16-19-22-24-25-26-27-28-29-31-34-37-40-43-46-49-55(58)61-52(50-59-53(56)47-44-41-38-35-32-21-18-15-12-9-6-3)51-60-54(57)48-45-42-39-36-33-30-23-20-17-14-11-8-5-2/h15-16,18-19,24-25,52H,4-14,17,20-23,26-51H2,1-3H3/b18-15-,19-16-,25-24-/t52-/m1/s1. The van der Waals surface area contributed by atoms with Crippen molar-refractivity contribution in [2.24, 2.45) is 0 Å². The molecule has 0 rings (SSSR count). The van der Waals surface area contributed by atoms with E-state index in [1.807, 2.05) is 0 Å². The van der Waals surface area contributed by atoms with E-state index >= 15 is 0 Å². The molecule has 0 N–H and O–H groups in total. The third-order valence-electron chi connectivity index (χ3n) is 11.6. The number of hydrogen-bond donors (Lipinski definition) is 0. The quantitative estimate of drug-likeness (QED) is 0.0262.